The van der Waals surface area contributed by atoms with Gasteiger partial charge in [-0.2, -0.15) is 0 Å². The smallest absolute Gasteiger partial charge is 0.251 e. The summed E-state index contributed by atoms with van der Waals surface area (Å²) in [7, 11) is 0. The van der Waals surface area contributed by atoms with Gasteiger partial charge in [-0.1, -0.05) is 13.8 Å². The van der Waals surface area contributed by atoms with Crippen molar-refractivity contribution in [3.05, 3.63) is 0 Å². The number of nitrogens with one attached hydrogen (secondary N) is 1. The number of hydrogen-bond donors (Lipinski definition) is 1. The molecule has 0 radical (unpaired) electrons. The van der Waals surface area contributed by atoms with Gasteiger partial charge in [0.1, 0.15) is 6.10 Å². The Balaban J connectivity index is 1.56. The molecule has 166 valence electrons. The molecule has 0 aromatic carbocycles. The van der Waals surface area contributed by atoms with Gasteiger partial charge in [-0.25, -0.2) is 0 Å². The lowest BCUT2D eigenvalue weighted by Crippen LogP contribution is -2.55. The third-order valence-electron chi connectivity index (χ3n) is 6.14. The van der Waals surface area contributed by atoms with Crippen LogP contribution < -0.4 is 5.32 Å². The Morgan fingerprint density at radius 1 is 1.07 bits per heavy atom. The van der Waals surface area contributed by atoms with Gasteiger partial charge in [0.2, 0.25) is 0 Å². The molecule has 3 heterocycles. The van der Waals surface area contributed by atoms with E-state index in [9.17, 15) is 4.79 Å². The summed E-state index contributed by atoms with van der Waals surface area (Å²) in [4.78, 5) is 24.4. The van der Waals surface area contributed by atoms with Crippen molar-refractivity contribution in [1.29, 1.82) is 0 Å². The van der Waals surface area contributed by atoms with Crippen molar-refractivity contribution in [2.75, 3.05) is 72.2 Å². The maximum absolute atomic E-state index is 12.6. The SMILES string of the molecule is CCNC(=NCC(C(C)C)N1CCOCC1)N1CCN(C(=O)C2CCCO2)CC1. The topological polar surface area (TPSA) is 69.6 Å². The van der Waals surface area contributed by atoms with Crippen molar-refractivity contribution in [2.45, 2.75) is 45.8 Å². The number of carbonyl (C=O) groups is 1. The third kappa shape index (κ3) is 6.06. The van der Waals surface area contributed by atoms with E-state index in [-0.39, 0.29) is 12.0 Å². The average molecular weight is 410 g/mol. The number of piperazine rings is 1. The second kappa shape index (κ2) is 11.1. The number of aliphatic imine (C=N–C) groups is 1. The first-order valence-electron chi connectivity index (χ1n) is 11.4. The zero-order valence-corrected chi connectivity index (χ0v) is 18.4. The van der Waals surface area contributed by atoms with Crippen LogP contribution >= 0.6 is 0 Å². The molecule has 0 aromatic heterocycles. The van der Waals surface area contributed by atoms with E-state index in [1.54, 1.807) is 0 Å². The minimum Gasteiger partial charge on any atom is -0.379 e. The first kappa shape index (κ1) is 22.3. The number of nitrogens with zero attached hydrogens (tertiary/aromatic N) is 4. The van der Waals surface area contributed by atoms with E-state index in [1.165, 1.54) is 0 Å². The second-order valence-corrected chi connectivity index (χ2v) is 8.47. The van der Waals surface area contributed by atoms with E-state index in [1.807, 2.05) is 4.90 Å². The lowest BCUT2D eigenvalue weighted by Gasteiger charge is -2.38. The molecule has 8 nitrogen and oxygen atoms in total. The first-order chi connectivity index (χ1) is 14.1. The summed E-state index contributed by atoms with van der Waals surface area (Å²) in [6.45, 7) is 15.7. The molecule has 0 aliphatic carbocycles. The average Bonchev–Trinajstić information content (AvgIpc) is 3.28. The highest BCUT2D eigenvalue weighted by atomic mass is 16.5. The molecular weight excluding hydrogens is 370 g/mol. The van der Waals surface area contributed by atoms with Crippen molar-refractivity contribution >= 4 is 11.9 Å². The lowest BCUT2D eigenvalue weighted by molar-refractivity contribution is -0.142. The highest BCUT2D eigenvalue weighted by molar-refractivity contribution is 5.82. The Bertz CT molecular complexity index is 536. The van der Waals surface area contributed by atoms with E-state index in [4.69, 9.17) is 14.5 Å². The molecule has 0 saturated carbocycles. The first-order valence-corrected chi connectivity index (χ1v) is 11.4. The fourth-order valence-electron chi connectivity index (χ4n) is 4.38. The molecule has 3 aliphatic heterocycles. The Morgan fingerprint density at radius 3 is 2.34 bits per heavy atom. The Labute approximate surface area is 175 Å². The predicted molar refractivity (Wildman–Crippen MR) is 114 cm³/mol. The number of guanidine groups is 1. The quantitative estimate of drug-likeness (QED) is 0.513. The molecule has 0 spiro atoms. The number of ether oxygens (including phenoxy) is 2. The number of hydrogen-bond acceptors (Lipinski definition) is 5. The van der Waals surface area contributed by atoms with Gasteiger partial charge in [0.25, 0.3) is 5.91 Å². The highest BCUT2D eigenvalue weighted by Crippen LogP contribution is 2.17. The summed E-state index contributed by atoms with van der Waals surface area (Å²) < 4.78 is 11.1. The molecule has 2 unspecified atom stereocenters. The summed E-state index contributed by atoms with van der Waals surface area (Å²) in [6, 6.07) is 0.426. The fraction of sp³-hybridized carbons (Fsp3) is 0.905. The van der Waals surface area contributed by atoms with Crippen LogP contribution in [0.25, 0.3) is 0 Å². The number of morpholine rings is 1. The molecule has 8 heteroatoms. The molecule has 0 aromatic rings. The number of carbonyl (C=O) groups excluding carboxylic acids is 1. The molecule has 3 saturated heterocycles. The zero-order valence-electron chi connectivity index (χ0n) is 18.4. The minimum atomic E-state index is -0.219. The Hall–Kier alpha value is -1.38. The summed E-state index contributed by atoms with van der Waals surface area (Å²) >= 11 is 0. The molecule has 1 N–H and O–H groups in total. The summed E-state index contributed by atoms with van der Waals surface area (Å²) in [5.41, 5.74) is 0. The zero-order chi connectivity index (χ0) is 20.6. The normalized spacial score (nSPS) is 25.5. The standard InChI is InChI=1S/C21H39N5O3/c1-4-22-21(23-16-18(17(2)3)24-11-14-28-15-12-24)26-9-7-25(8-10-26)20(27)19-6-5-13-29-19/h17-19H,4-16H2,1-3H3,(H,22,23). The van der Waals surface area contributed by atoms with Gasteiger partial charge >= 0.3 is 0 Å². The van der Waals surface area contributed by atoms with E-state index >= 15 is 0 Å². The minimum absolute atomic E-state index is 0.163. The molecule has 1 amide bonds. The van der Waals surface area contributed by atoms with Gasteiger partial charge in [0.15, 0.2) is 5.96 Å². The molecule has 3 fully saturated rings. The maximum Gasteiger partial charge on any atom is 0.251 e. The van der Waals surface area contributed by atoms with Crippen molar-refractivity contribution in [2.24, 2.45) is 10.9 Å². The van der Waals surface area contributed by atoms with Crippen LogP contribution in [0.4, 0.5) is 0 Å². The van der Waals surface area contributed by atoms with Gasteiger partial charge in [-0.05, 0) is 25.7 Å². The predicted octanol–water partition coefficient (Wildman–Crippen LogP) is 0.632. The number of amides is 1. The fourth-order valence-corrected chi connectivity index (χ4v) is 4.38. The summed E-state index contributed by atoms with van der Waals surface area (Å²) in [5.74, 6) is 1.67. The van der Waals surface area contributed by atoms with Gasteiger partial charge in [0.05, 0.1) is 19.8 Å². The molecular formula is C21H39N5O3. The van der Waals surface area contributed by atoms with Crippen LogP contribution in [0.15, 0.2) is 4.99 Å². The summed E-state index contributed by atoms with van der Waals surface area (Å²) in [5, 5.41) is 3.45. The van der Waals surface area contributed by atoms with E-state index in [2.05, 4.69) is 35.9 Å². The Kier molecular flexibility index (Phi) is 8.56. The van der Waals surface area contributed by atoms with Gasteiger partial charge in [-0.3, -0.25) is 14.7 Å². The third-order valence-corrected chi connectivity index (χ3v) is 6.14. The van der Waals surface area contributed by atoms with Gasteiger partial charge in [-0.15, -0.1) is 0 Å². The highest BCUT2D eigenvalue weighted by Gasteiger charge is 2.31. The molecule has 3 aliphatic rings. The van der Waals surface area contributed by atoms with Crippen molar-refractivity contribution in [3.63, 3.8) is 0 Å². The number of rotatable bonds is 6. The van der Waals surface area contributed by atoms with Crippen LogP contribution in [-0.4, -0.2) is 111 Å². The monoisotopic (exact) mass is 409 g/mol. The van der Waals surface area contributed by atoms with Crippen molar-refractivity contribution in [1.82, 2.24) is 20.0 Å². The molecule has 3 rings (SSSR count). The Morgan fingerprint density at radius 2 is 1.76 bits per heavy atom. The largest absolute Gasteiger partial charge is 0.379 e. The van der Waals surface area contributed by atoms with Crippen LogP contribution in [-0.2, 0) is 14.3 Å². The van der Waals surface area contributed by atoms with E-state index in [0.717, 1.165) is 84.4 Å². The van der Waals surface area contributed by atoms with Crippen LogP contribution in [0, 0.1) is 5.92 Å². The van der Waals surface area contributed by atoms with Crippen LogP contribution in [0.3, 0.4) is 0 Å². The molecule has 29 heavy (non-hydrogen) atoms. The van der Waals surface area contributed by atoms with E-state index in [0.29, 0.717) is 18.6 Å². The molecule has 0 bridgehead atoms. The van der Waals surface area contributed by atoms with Crippen LogP contribution in [0.5, 0.6) is 0 Å². The van der Waals surface area contributed by atoms with Crippen LogP contribution in [0.2, 0.25) is 0 Å². The maximum atomic E-state index is 12.6. The van der Waals surface area contributed by atoms with Gasteiger partial charge in [0, 0.05) is 58.5 Å². The van der Waals surface area contributed by atoms with Gasteiger partial charge < -0.3 is 24.6 Å². The van der Waals surface area contributed by atoms with Crippen molar-refractivity contribution < 1.29 is 14.3 Å². The second-order valence-electron chi connectivity index (χ2n) is 8.47. The van der Waals surface area contributed by atoms with Crippen LogP contribution in [0.1, 0.15) is 33.6 Å². The molecule has 2 atom stereocenters. The van der Waals surface area contributed by atoms with Crippen molar-refractivity contribution in [3.8, 4) is 0 Å². The van der Waals surface area contributed by atoms with E-state index < -0.39 is 0 Å². The summed E-state index contributed by atoms with van der Waals surface area (Å²) in [6.07, 6.45) is 1.64. The lowest BCUT2D eigenvalue weighted by atomic mass is 10.0.